The third kappa shape index (κ3) is 3.11. The Morgan fingerprint density at radius 2 is 2.00 bits per heavy atom. The number of fused-ring (bicyclic) bond motifs is 1. The number of para-hydroxylation sites is 1. The minimum absolute atomic E-state index is 0.155. The van der Waals surface area contributed by atoms with Crippen LogP contribution in [0.1, 0.15) is 17.3 Å². The van der Waals surface area contributed by atoms with E-state index in [0.29, 0.717) is 39.3 Å². The summed E-state index contributed by atoms with van der Waals surface area (Å²) in [6.45, 7) is 3.72. The molecule has 3 heterocycles. The van der Waals surface area contributed by atoms with E-state index in [1.54, 1.807) is 19.2 Å². The van der Waals surface area contributed by atoms with Crippen LogP contribution in [0.3, 0.4) is 0 Å². The van der Waals surface area contributed by atoms with Gasteiger partial charge in [-0.15, -0.1) is 0 Å². The van der Waals surface area contributed by atoms with Crippen molar-refractivity contribution in [2.45, 2.75) is 24.8 Å². The van der Waals surface area contributed by atoms with Crippen molar-refractivity contribution in [1.29, 1.82) is 0 Å². The fourth-order valence-electron chi connectivity index (χ4n) is 2.58. The van der Waals surface area contributed by atoms with Crippen LogP contribution in [-0.2, 0) is 5.75 Å². The second-order valence-electron chi connectivity index (χ2n) is 5.77. The van der Waals surface area contributed by atoms with Gasteiger partial charge in [-0.05, 0) is 43.7 Å². The van der Waals surface area contributed by atoms with Crippen molar-refractivity contribution in [3.63, 3.8) is 0 Å². The average molecular weight is 365 g/mol. The molecule has 0 aliphatic carbocycles. The highest BCUT2D eigenvalue weighted by molar-refractivity contribution is 7.98. The number of nitrogens with zero attached hydrogens (tertiary/aromatic N) is 5. The molecule has 130 valence electrons. The van der Waals surface area contributed by atoms with Crippen LogP contribution in [0.5, 0.6) is 0 Å². The minimum Gasteiger partial charge on any atom is -0.338 e. The zero-order chi connectivity index (χ0) is 18.1. The number of thioether (sulfide) groups is 1. The van der Waals surface area contributed by atoms with E-state index in [4.69, 9.17) is 4.52 Å². The number of hydrogen-bond acceptors (Lipinski definition) is 7. The Morgan fingerprint density at radius 3 is 2.77 bits per heavy atom. The number of hydrogen-bond donors (Lipinski definition) is 0. The van der Waals surface area contributed by atoms with Crippen molar-refractivity contribution in [2.24, 2.45) is 0 Å². The normalized spacial score (nSPS) is 11.2. The van der Waals surface area contributed by atoms with Crippen LogP contribution in [0.15, 0.2) is 57.1 Å². The number of pyridine rings is 1. The number of benzene rings is 1. The lowest BCUT2D eigenvalue weighted by Crippen LogP contribution is -2.22. The van der Waals surface area contributed by atoms with Crippen LogP contribution in [-0.4, -0.2) is 24.7 Å². The van der Waals surface area contributed by atoms with Crippen molar-refractivity contribution < 1.29 is 4.52 Å². The molecule has 0 aliphatic heterocycles. The first-order chi connectivity index (χ1) is 12.6. The van der Waals surface area contributed by atoms with E-state index >= 15 is 0 Å². The summed E-state index contributed by atoms with van der Waals surface area (Å²) in [6.07, 6.45) is 1.68. The lowest BCUT2D eigenvalue weighted by molar-refractivity contribution is 0.387. The molecule has 0 amide bonds. The molecule has 0 saturated carbocycles. The van der Waals surface area contributed by atoms with Crippen LogP contribution in [0.4, 0.5) is 0 Å². The number of rotatable bonds is 4. The molecule has 0 aliphatic rings. The zero-order valence-electron chi connectivity index (χ0n) is 14.2. The maximum absolute atomic E-state index is 13.1. The standard InChI is InChI=1S/C18H15N5O2S/c1-11-7-8-19-15(9-11)23-17(24)13-5-3-4-6-14(13)21-18(23)26-10-16-20-12(2)22-25-16/h3-9H,10H2,1-2H3. The zero-order valence-corrected chi connectivity index (χ0v) is 15.0. The van der Waals surface area contributed by atoms with Crippen LogP contribution in [0.2, 0.25) is 0 Å². The number of aromatic nitrogens is 5. The third-order valence-electron chi connectivity index (χ3n) is 3.77. The maximum atomic E-state index is 13.1. The molecule has 3 aromatic heterocycles. The van der Waals surface area contributed by atoms with Crippen LogP contribution >= 0.6 is 11.8 Å². The van der Waals surface area contributed by atoms with Crippen molar-refractivity contribution in [3.8, 4) is 5.82 Å². The van der Waals surface area contributed by atoms with E-state index < -0.39 is 0 Å². The van der Waals surface area contributed by atoms with Gasteiger partial charge in [-0.25, -0.2) is 14.5 Å². The molecule has 4 aromatic rings. The van der Waals surface area contributed by atoms with Crippen LogP contribution in [0, 0.1) is 13.8 Å². The topological polar surface area (TPSA) is 86.7 Å². The van der Waals surface area contributed by atoms with Gasteiger partial charge in [-0.3, -0.25) is 4.79 Å². The summed E-state index contributed by atoms with van der Waals surface area (Å²) in [5.74, 6) is 2.01. The smallest absolute Gasteiger partial charge is 0.267 e. The van der Waals surface area contributed by atoms with Crippen molar-refractivity contribution >= 4 is 22.7 Å². The van der Waals surface area contributed by atoms with Gasteiger partial charge < -0.3 is 4.52 Å². The Hall–Kier alpha value is -3.00. The van der Waals surface area contributed by atoms with E-state index in [-0.39, 0.29) is 5.56 Å². The Bertz CT molecular complexity index is 1150. The highest BCUT2D eigenvalue weighted by Gasteiger charge is 2.15. The molecular formula is C18H15N5O2S. The quantitative estimate of drug-likeness (QED) is 0.406. The molecule has 0 bridgehead atoms. The Kier molecular flexibility index (Phi) is 4.26. The highest BCUT2D eigenvalue weighted by atomic mass is 32.2. The molecule has 7 nitrogen and oxygen atoms in total. The summed E-state index contributed by atoms with van der Waals surface area (Å²) < 4.78 is 6.69. The van der Waals surface area contributed by atoms with Gasteiger partial charge in [0.25, 0.3) is 5.56 Å². The van der Waals surface area contributed by atoms with E-state index in [2.05, 4.69) is 20.1 Å². The van der Waals surface area contributed by atoms with E-state index in [1.807, 2.05) is 37.3 Å². The predicted molar refractivity (Wildman–Crippen MR) is 98.5 cm³/mol. The van der Waals surface area contributed by atoms with Crippen molar-refractivity contribution in [2.75, 3.05) is 0 Å². The molecule has 0 atom stereocenters. The van der Waals surface area contributed by atoms with Gasteiger partial charge in [0.05, 0.1) is 16.7 Å². The molecule has 0 unspecified atom stereocenters. The molecular weight excluding hydrogens is 350 g/mol. The number of aryl methyl sites for hydroxylation is 2. The lowest BCUT2D eigenvalue weighted by atomic mass is 10.2. The van der Waals surface area contributed by atoms with E-state index in [1.165, 1.54) is 16.3 Å². The van der Waals surface area contributed by atoms with Gasteiger partial charge >= 0.3 is 0 Å². The van der Waals surface area contributed by atoms with Gasteiger partial charge in [0, 0.05) is 6.20 Å². The molecule has 0 saturated heterocycles. The fraction of sp³-hybridized carbons (Fsp3) is 0.167. The largest absolute Gasteiger partial charge is 0.338 e. The molecule has 0 N–H and O–H groups in total. The Labute approximate surface area is 153 Å². The highest BCUT2D eigenvalue weighted by Crippen LogP contribution is 2.23. The molecule has 4 rings (SSSR count). The predicted octanol–water partition coefficient (Wildman–Crippen LogP) is 3.07. The first-order valence-electron chi connectivity index (χ1n) is 7.98. The molecule has 26 heavy (non-hydrogen) atoms. The summed E-state index contributed by atoms with van der Waals surface area (Å²) >= 11 is 1.36. The molecule has 0 fully saturated rings. The average Bonchev–Trinajstić information content (AvgIpc) is 3.05. The van der Waals surface area contributed by atoms with Gasteiger partial charge in [0.1, 0.15) is 5.82 Å². The van der Waals surface area contributed by atoms with Crippen LogP contribution in [0.25, 0.3) is 16.7 Å². The molecule has 8 heteroatoms. The summed E-state index contributed by atoms with van der Waals surface area (Å²) in [6, 6.07) is 11.0. The second kappa shape index (κ2) is 6.72. The van der Waals surface area contributed by atoms with Gasteiger partial charge in [0.2, 0.25) is 5.89 Å². The van der Waals surface area contributed by atoms with E-state index in [9.17, 15) is 4.79 Å². The first kappa shape index (κ1) is 16.5. The van der Waals surface area contributed by atoms with Crippen molar-refractivity contribution in [1.82, 2.24) is 24.7 Å². The Morgan fingerprint density at radius 1 is 1.15 bits per heavy atom. The van der Waals surface area contributed by atoms with Gasteiger partial charge in [0.15, 0.2) is 11.0 Å². The van der Waals surface area contributed by atoms with Gasteiger partial charge in [-0.1, -0.05) is 29.1 Å². The summed E-state index contributed by atoms with van der Waals surface area (Å²) in [4.78, 5) is 26.3. The first-order valence-corrected chi connectivity index (χ1v) is 8.97. The van der Waals surface area contributed by atoms with Crippen molar-refractivity contribution in [3.05, 3.63) is 70.2 Å². The van der Waals surface area contributed by atoms with Gasteiger partial charge in [-0.2, -0.15) is 4.98 Å². The lowest BCUT2D eigenvalue weighted by Gasteiger charge is -2.12. The minimum atomic E-state index is -0.155. The monoisotopic (exact) mass is 365 g/mol. The maximum Gasteiger partial charge on any atom is 0.267 e. The summed E-state index contributed by atoms with van der Waals surface area (Å²) in [5.41, 5.74) is 1.50. The molecule has 0 spiro atoms. The van der Waals surface area contributed by atoms with E-state index in [0.717, 1.165) is 5.56 Å². The molecule has 0 radical (unpaired) electrons. The second-order valence-corrected chi connectivity index (χ2v) is 6.71. The summed E-state index contributed by atoms with van der Waals surface area (Å²) in [7, 11) is 0. The summed E-state index contributed by atoms with van der Waals surface area (Å²) in [5, 5.41) is 4.87. The molecule has 1 aromatic carbocycles. The third-order valence-corrected chi connectivity index (χ3v) is 4.69. The SMILES string of the molecule is Cc1ccnc(-n2c(SCc3nc(C)no3)nc3ccccc3c2=O)c1. The Balaban J connectivity index is 1.86. The van der Waals surface area contributed by atoms with Crippen LogP contribution < -0.4 is 5.56 Å². The fourth-order valence-corrected chi connectivity index (χ4v) is 3.42.